The van der Waals surface area contributed by atoms with Crippen molar-refractivity contribution in [3.05, 3.63) is 64.1 Å². The van der Waals surface area contributed by atoms with Gasteiger partial charge in [-0.3, -0.25) is 9.69 Å². The minimum Gasteiger partial charge on any atom is -0.328 e. The lowest BCUT2D eigenvalue weighted by Crippen LogP contribution is -2.18. The molecule has 0 saturated carbocycles. The maximum Gasteiger partial charge on any atom is 0.247 e. The van der Waals surface area contributed by atoms with Crippen LogP contribution in [-0.4, -0.2) is 28.0 Å². The van der Waals surface area contributed by atoms with Crippen molar-refractivity contribution in [3.63, 3.8) is 0 Å². The molecule has 0 spiro atoms. The van der Waals surface area contributed by atoms with Crippen molar-refractivity contribution in [1.82, 2.24) is 14.9 Å². The van der Waals surface area contributed by atoms with E-state index >= 15 is 0 Å². The van der Waals surface area contributed by atoms with Gasteiger partial charge in [0.2, 0.25) is 5.56 Å². The molecule has 0 aliphatic carbocycles. The van der Waals surface area contributed by atoms with E-state index in [1.807, 2.05) is 6.07 Å². The predicted octanol–water partition coefficient (Wildman–Crippen LogP) is 3.49. The lowest BCUT2D eigenvalue weighted by atomic mass is 10.0. The first-order valence-corrected chi connectivity index (χ1v) is 8.51. The van der Waals surface area contributed by atoms with Crippen molar-refractivity contribution in [2.75, 3.05) is 13.1 Å². The summed E-state index contributed by atoms with van der Waals surface area (Å²) in [7, 11) is 0. The summed E-state index contributed by atoms with van der Waals surface area (Å²) in [4.78, 5) is 21.2. The van der Waals surface area contributed by atoms with Gasteiger partial charge in [-0.1, -0.05) is 6.07 Å². The number of likely N-dealkylation sites (tertiary alicyclic amines) is 1. The van der Waals surface area contributed by atoms with E-state index in [1.54, 1.807) is 6.20 Å². The molecular weight excluding hydrogens is 298 g/mol. The molecule has 24 heavy (non-hydrogen) atoms. The van der Waals surface area contributed by atoms with E-state index in [4.69, 9.17) is 4.98 Å². The Balaban J connectivity index is 1.70. The summed E-state index contributed by atoms with van der Waals surface area (Å²) in [6.45, 7) is 5.57. The number of hydrogen-bond acceptors (Lipinski definition) is 3. The molecule has 0 unspecified atom stereocenters. The molecule has 1 saturated heterocycles. The molecule has 3 aromatic rings. The smallest absolute Gasteiger partial charge is 0.247 e. The van der Waals surface area contributed by atoms with Crippen LogP contribution in [0.25, 0.3) is 22.2 Å². The summed E-state index contributed by atoms with van der Waals surface area (Å²) in [6, 6.07) is 12.0. The second-order valence-electron chi connectivity index (χ2n) is 6.60. The molecule has 2 aromatic heterocycles. The third-order valence-corrected chi connectivity index (χ3v) is 4.76. The van der Waals surface area contributed by atoms with Gasteiger partial charge >= 0.3 is 0 Å². The van der Waals surface area contributed by atoms with Crippen LogP contribution in [0.15, 0.2) is 47.4 Å². The number of pyridine rings is 2. The Bertz CT molecular complexity index is 919. The number of aryl methyl sites for hydroxylation is 1. The molecule has 122 valence electrons. The number of nitrogens with zero attached hydrogens (tertiary/aromatic N) is 2. The van der Waals surface area contributed by atoms with Gasteiger partial charge in [0, 0.05) is 29.8 Å². The molecule has 0 bridgehead atoms. The van der Waals surface area contributed by atoms with Crippen molar-refractivity contribution >= 4 is 10.9 Å². The summed E-state index contributed by atoms with van der Waals surface area (Å²) in [5, 5.41) is 1.21. The fraction of sp³-hybridized carbons (Fsp3) is 0.300. The van der Waals surface area contributed by atoms with Crippen molar-refractivity contribution in [2.24, 2.45) is 0 Å². The minimum atomic E-state index is -0.0946. The number of benzene rings is 1. The topological polar surface area (TPSA) is 49.0 Å². The van der Waals surface area contributed by atoms with Gasteiger partial charge in [0.1, 0.15) is 0 Å². The summed E-state index contributed by atoms with van der Waals surface area (Å²) in [5.41, 5.74) is 5.30. The van der Waals surface area contributed by atoms with E-state index < -0.39 is 0 Å². The molecule has 1 fully saturated rings. The van der Waals surface area contributed by atoms with Gasteiger partial charge in [-0.05, 0) is 68.2 Å². The Morgan fingerprint density at radius 1 is 1.12 bits per heavy atom. The van der Waals surface area contributed by atoms with Crippen LogP contribution >= 0.6 is 0 Å². The van der Waals surface area contributed by atoms with Gasteiger partial charge in [0.15, 0.2) is 0 Å². The van der Waals surface area contributed by atoms with Crippen LogP contribution in [0.3, 0.4) is 0 Å². The highest BCUT2D eigenvalue weighted by Gasteiger charge is 2.12. The number of aromatic amines is 1. The van der Waals surface area contributed by atoms with Gasteiger partial charge in [-0.25, -0.2) is 4.98 Å². The fourth-order valence-corrected chi connectivity index (χ4v) is 3.46. The fourth-order valence-electron chi connectivity index (χ4n) is 3.46. The van der Waals surface area contributed by atoms with Gasteiger partial charge < -0.3 is 4.98 Å². The van der Waals surface area contributed by atoms with E-state index in [0.717, 1.165) is 23.3 Å². The average molecular weight is 319 g/mol. The number of hydrogen-bond donors (Lipinski definition) is 1. The molecule has 1 aliphatic heterocycles. The van der Waals surface area contributed by atoms with Crippen molar-refractivity contribution < 1.29 is 0 Å². The summed E-state index contributed by atoms with van der Waals surface area (Å²) in [5.74, 6) is 0. The zero-order valence-electron chi connectivity index (χ0n) is 13.9. The first kappa shape index (κ1) is 15.1. The number of H-pyrrole nitrogens is 1. The summed E-state index contributed by atoms with van der Waals surface area (Å²) in [6.07, 6.45) is 4.35. The molecule has 1 aromatic carbocycles. The quantitative estimate of drug-likeness (QED) is 0.804. The standard InChI is InChI=1S/C20H21N3O/c1-14-10-19(16-5-7-20(24)21-12-16)22-18-6-4-15(11-17(14)18)13-23-8-2-3-9-23/h4-7,10-12H,2-3,8-9,13H2,1H3,(H,21,24). The van der Waals surface area contributed by atoms with Gasteiger partial charge in [-0.2, -0.15) is 0 Å². The Morgan fingerprint density at radius 2 is 1.96 bits per heavy atom. The van der Waals surface area contributed by atoms with E-state index in [0.29, 0.717) is 0 Å². The molecule has 1 N–H and O–H groups in total. The molecular formula is C20H21N3O. The van der Waals surface area contributed by atoms with Crippen LogP contribution in [0.1, 0.15) is 24.0 Å². The van der Waals surface area contributed by atoms with Gasteiger partial charge in [0.25, 0.3) is 0 Å². The largest absolute Gasteiger partial charge is 0.328 e. The third kappa shape index (κ3) is 2.97. The Kier molecular flexibility index (Phi) is 3.90. The Morgan fingerprint density at radius 3 is 2.71 bits per heavy atom. The molecule has 4 rings (SSSR count). The average Bonchev–Trinajstić information content (AvgIpc) is 3.09. The summed E-state index contributed by atoms with van der Waals surface area (Å²) >= 11 is 0. The molecule has 3 heterocycles. The number of rotatable bonds is 3. The molecule has 4 nitrogen and oxygen atoms in total. The normalized spacial score (nSPS) is 15.2. The highest BCUT2D eigenvalue weighted by Crippen LogP contribution is 2.25. The van der Waals surface area contributed by atoms with Crippen LogP contribution in [0.2, 0.25) is 0 Å². The molecule has 4 heteroatoms. The Labute approximate surface area is 141 Å². The minimum absolute atomic E-state index is 0.0946. The summed E-state index contributed by atoms with van der Waals surface area (Å²) < 4.78 is 0. The molecule has 0 radical (unpaired) electrons. The molecule has 0 atom stereocenters. The van der Waals surface area contributed by atoms with E-state index in [-0.39, 0.29) is 5.56 Å². The van der Waals surface area contributed by atoms with Crippen molar-refractivity contribution in [2.45, 2.75) is 26.3 Å². The van der Waals surface area contributed by atoms with E-state index in [9.17, 15) is 4.79 Å². The Hall–Kier alpha value is -2.46. The zero-order chi connectivity index (χ0) is 16.5. The zero-order valence-corrected chi connectivity index (χ0v) is 13.9. The first-order chi connectivity index (χ1) is 11.7. The maximum absolute atomic E-state index is 11.2. The van der Waals surface area contributed by atoms with Crippen LogP contribution in [0.4, 0.5) is 0 Å². The second-order valence-corrected chi connectivity index (χ2v) is 6.60. The van der Waals surface area contributed by atoms with Crippen LogP contribution < -0.4 is 5.56 Å². The lowest BCUT2D eigenvalue weighted by Gasteiger charge is -2.15. The van der Waals surface area contributed by atoms with Gasteiger partial charge in [0.05, 0.1) is 11.2 Å². The second kappa shape index (κ2) is 6.21. The number of nitrogens with one attached hydrogen (secondary N) is 1. The third-order valence-electron chi connectivity index (χ3n) is 4.76. The number of aromatic nitrogens is 2. The molecule has 1 aliphatic rings. The first-order valence-electron chi connectivity index (χ1n) is 8.51. The van der Waals surface area contributed by atoms with E-state index in [2.05, 4.69) is 41.1 Å². The number of fused-ring (bicyclic) bond motifs is 1. The SMILES string of the molecule is Cc1cc(-c2ccc(=O)[nH]c2)nc2ccc(CN3CCCC3)cc12. The van der Waals surface area contributed by atoms with Crippen LogP contribution in [0.5, 0.6) is 0 Å². The van der Waals surface area contributed by atoms with E-state index in [1.165, 1.54) is 48.5 Å². The monoisotopic (exact) mass is 319 g/mol. The maximum atomic E-state index is 11.2. The van der Waals surface area contributed by atoms with Gasteiger partial charge in [-0.15, -0.1) is 0 Å². The highest BCUT2D eigenvalue weighted by atomic mass is 16.1. The predicted molar refractivity (Wildman–Crippen MR) is 97.0 cm³/mol. The lowest BCUT2D eigenvalue weighted by molar-refractivity contribution is 0.331. The highest BCUT2D eigenvalue weighted by molar-refractivity contribution is 5.85. The molecule has 0 amide bonds. The van der Waals surface area contributed by atoms with Crippen LogP contribution in [0, 0.1) is 6.92 Å². The van der Waals surface area contributed by atoms with Crippen LogP contribution in [-0.2, 0) is 6.54 Å². The van der Waals surface area contributed by atoms with Crippen molar-refractivity contribution in [3.8, 4) is 11.3 Å². The van der Waals surface area contributed by atoms with Crippen molar-refractivity contribution in [1.29, 1.82) is 0 Å².